The second kappa shape index (κ2) is 9.71. The fourth-order valence-corrected chi connectivity index (χ4v) is 3.81. The molecule has 1 saturated heterocycles. The molecule has 1 aromatic heterocycles. The van der Waals surface area contributed by atoms with Crippen LogP contribution in [-0.2, 0) is 6.54 Å². The van der Waals surface area contributed by atoms with E-state index in [1.807, 2.05) is 31.0 Å². The molecule has 7 nitrogen and oxygen atoms in total. The number of aromatic nitrogens is 2. The van der Waals surface area contributed by atoms with Gasteiger partial charge >= 0.3 is 0 Å². The lowest BCUT2D eigenvalue weighted by molar-refractivity contribution is 0.0641. The highest BCUT2D eigenvalue weighted by atomic mass is 35.5. The van der Waals surface area contributed by atoms with E-state index >= 15 is 0 Å². The molecule has 1 aliphatic heterocycles. The van der Waals surface area contributed by atoms with Crippen LogP contribution < -0.4 is 11.1 Å². The van der Waals surface area contributed by atoms with E-state index in [4.69, 9.17) is 28.9 Å². The zero-order valence-electron chi connectivity index (χ0n) is 16.7. The molecule has 0 aliphatic carbocycles. The number of likely N-dealkylation sites (tertiary alicyclic amines) is 1. The zero-order valence-corrected chi connectivity index (χ0v) is 18.2. The fourth-order valence-electron chi connectivity index (χ4n) is 3.49. The molecule has 0 bridgehead atoms. The Hall–Kier alpha value is -1.93. The Kier molecular flexibility index (Phi) is 7.29. The van der Waals surface area contributed by atoms with Gasteiger partial charge < -0.3 is 16.0 Å². The zero-order chi connectivity index (χ0) is 21.0. The topological polar surface area (TPSA) is 87.4 Å². The van der Waals surface area contributed by atoms with Gasteiger partial charge in [-0.3, -0.25) is 9.69 Å². The van der Waals surface area contributed by atoms with Crippen LogP contribution in [0.2, 0.25) is 10.0 Å². The molecule has 0 unspecified atom stereocenters. The number of carbonyl (C=O) groups is 1. The number of hydrogen-bond acceptors (Lipinski definition) is 6. The number of anilines is 1. The number of nitrogens with zero attached hydrogens (tertiary/aromatic N) is 4. The molecule has 156 valence electrons. The van der Waals surface area contributed by atoms with Crippen LogP contribution in [0.4, 0.5) is 5.82 Å². The quantitative estimate of drug-likeness (QED) is 0.676. The number of carbonyl (C=O) groups excluding carboxylic acids is 1. The van der Waals surface area contributed by atoms with Crippen molar-refractivity contribution in [2.75, 3.05) is 32.1 Å². The molecule has 0 spiro atoms. The van der Waals surface area contributed by atoms with E-state index in [1.54, 1.807) is 6.07 Å². The highest BCUT2D eigenvalue weighted by Crippen LogP contribution is 2.24. The van der Waals surface area contributed by atoms with Crippen molar-refractivity contribution in [3.05, 3.63) is 51.4 Å². The first-order valence-corrected chi connectivity index (χ1v) is 10.3. The molecule has 0 atom stereocenters. The van der Waals surface area contributed by atoms with E-state index in [0.717, 1.165) is 24.0 Å². The first-order valence-electron chi connectivity index (χ1n) is 9.59. The van der Waals surface area contributed by atoms with Gasteiger partial charge in [0.25, 0.3) is 5.91 Å². The van der Waals surface area contributed by atoms with E-state index in [0.29, 0.717) is 53.9 Å². The van der Waals surface area contributed by atoms with E-state index in [-0.39, 0.29) is 5.91 Å². The molecule has 3 rings (SSSR count). The van der Waals surface area contributed by atoms with Crippen molar-refractivity contribution in [3.63, 3.8) is 0 Å². The lowest BCUT2D eigenvalue weighted by Gasteiger charge is -2.36. The minimum absolute atomic E-state index is 0.0589. The molecule has 2 aromatic rings. The third-order valence-electron chi connectivity index (χ3n) is 5.39. The number of rotatable bonds is 6. The van der Waals surface area contributed by atoms with Gasteiger partial charge in [0.15, 0.2) is 0 Å². The lowest BCUT2D eigenvalue weighted by atomic mass is 10.0. The standard InChI is InChI=1S/C20H26Cl2N6O/c1-13-18(20(29)28-7-5-15(6-8-28)27(2)11-23)25-12-26-19(13)24-10-14-3-4-16(21)17(22)9-14/h3-4,9,12,15H,5-8,10-11,23H2,1-2H3,(H,24,25,26). The van der Waals surface area contributed by atoms with Gasteiger partial charge in [-0.25, -0.2) is 9.97 Å². The van der Waals surface area contributed by atoms with Gasteiger partial charge in [0.1, 0.15) is 17.8 Å². The predicted molar refractivity (Wildman–Crippen MR) is 116 cm³/mol. The Balaban J connectivity index is 1.66. The van der Waals surface area contributed by atoms with Gasteiger partial charge in [-0.15, -0.1) is 0 Å². The number of nitrogens with one attached hydrogen (secondary N) is 1. The SMILES string of the molecule is Cc1c(NCc2ccc(Cl)c(Cl)c2)ncnc1C(=O)N1CCC(N(C)CN)CC1. The second-order valence-electron chi connectivity index (χ2n) is 7.26. The van der Waals surface area contributed by atoms with E-state index < -0.39 is 0 Å². The molecule has 9 heteroatoms. The Bertz CT molecular complexity index is 870. The Labute approximate surface area is 181 Å². The summed E-state index contributed by atoms with van der Waals surface area (Å²) in [6.45, 7) is 4.29. The average Bonchev–Trinajstić information content (AvgIpc) is 2.74. The van der Waals surface area contributed by atoms with Crippen LogP contribution in [0.15, 0.2) is 24.5 Å². The molecule has 1 amide bonds. The van der Waals surface area contributed by atoms with Crippen molar-refractivity contribution in [1.29, 1.82) is 0 Å². The van der Waals surface area contributed by atoms with Crippen LogP contribution >= 0.6 is 23.2 Å². The highest BCUT2D eigenvalue weighted by Gasteiger charge is 2.27. The van der Waals surface area contributed by atoms with Crippen molar-refractivity contribution >= 4 is 34.9 Å². The summed E-state index contributed by atoms with van der Waals surface area (Å²) in [6, 6.07) is 5.88. The highest BCUT2D eigenvalue weighted by molar-refractivity contribution is 6.42. The molecule has 3 N–H and O–H groups in total. The summed E-state index contributed by atoms with van der Waals surface area (Å²) in [5.74, 6) is 0.573. The molecule has 0 radical (unpaired) electrons. The van der Waals surface area contributed by atoms with Gasteiger partial charge in [-0.2, -0.15) is 0 Å². The van der Waals surface area contributed by atoms with Crippen molar-refractivity contribution in [2.45, 2.75) is 32.4 Å². The van der Waals surface area contributed by atoms with E-state index in [9.17, 15) is 4.79 Å². The first-order chi connectivity index (χ1) is 13.9. The predicted octanol–water partition coefficient (Wildman–Crippen LogP) is 3.16. The third-order valence-corrected chi connectivity index (χ3v) is 6.13. The molecule has 1 aromatic carbocycles. The monoisotopic (exact) mass is 436 g/mol. The van der Waals surface area contributed by atoms with Crippen LogP contribution in [0, 0.1) is 6.92 Å². The fraction of sp³-hybridized carbons (Fsp3) is 0.450. The maximum Gasteiger partial charge on any atom is 0.272 e. The van der Waals surface area contributed by atoms with Crippen molar-refractivity contribution in [2.24, 2.45) is 5.73 Å². The Morgan fingerprint density at radius 2 is 2.00 bits per heavy atom. The lowest BCUT2D eigenvalue weighted by Crippen LogP contribution is -2.47. The van der Waals surface area contributed by atoms with Gasteiger partial charge in [-0.05, 0) is 44.5 Å². The largest absolute Gasteiger partial charge is 0.366 e. The van der Waals surface area contributed by atoms with Crippen LogP contribution in [-0.4, -0.2) is 58.5 Å². The normalized spacial score (nSPS) is 15.0. The summed E-state index contributed by atoms with van der Waals surface area (Å²) >= 11 is 12.0. The van der Waals surface area contributed by atoms with Gasteiger partial charge in [0, 0.05) is 37.9 Å². The van der Waals surface area contributed by atoms with Gasteiger partial charge in [0.05, 0.1) is 10.0 Å². The summed E-state index contributed by atoms with van der Waals surface area (Å²) in [5, 5.41) is 4.28. The van der Waals surface area contributed by atoms with Gasteiger partial charge in [-0.1, -0.05) is 29.3 Å². The number of halogens is 2. The minimum Gasteiger partial charge on any atom is -0.366 e. The number of nitrogens with two attached hydrogens (primary N) is 1. The summed E-state index contributed by atoms with van der Waals surface area (Å²) < 4.78 is 0. The maximum atomic E-state index is 13.0. The number of benzene rings is 1. The summed E-state index contributed by atoms with van der Waals surface area (Å²) in [6.07, 6.45) is 3.24. The number of piperidine rings is 1. The Morgan fingerprint density at radius 3 is 2.66 bits per heavy atom. The first kappa shape index (κ1) is 21.8. The summed E-state index contributed by atoms with van der Waals surface area (Å²) in [4.78, 5) is 25.5. The van der Waals surface area contributed by atoms with Crippen LogP contribution in [0.25, 0.3) is 0 Å². The molecule has 0 saturated carbocycles. The molecular formula is C20H26Cl2N6O. The number of amides is 1. The van der Waals surface area contributed by atoms with Crippen LogP contribution in [0.1, 0.15) is 34.5 Å². The molecule has 2 heterocycles. The van der Waals surface area contributed by atoms with Crippen LogP contribution in [0.5, 0.6) is 0 Å². The van der Waals surface area contributed by atoms with E-state index in [1.165, 1.54) is 6.33 Å². The minimum atomic E-state index is -0.0589. The van der Waals surface area contributed by atoms with E-state index in [2.05, 4.69) is 20.2 Å². The maximum absolute atomic E-state index is 13.0. The smallest absolute Gasteiger partial charge is 0.272 e. The Morgan fingerprint density at radius 1 is 1.28 bits per heavy atom. The van der Waals surface area contributed by atoms with Gasteiger partial charge in [0.2, 0.25) is 0 Å². The molecule has 1 fully saturated rings. The van der Waals surface area contributed by atoms with Crippen molar-refractivity contribution in [3.8, 4) is 0 Å². The van der Waals surface area contributed by atoms with Crippen molar-refractivity contribution < 1.29 is 4.79 Å². The summed E-state index contributed by atoms with van der Waals surface area (Å²) in [5.41, 5.74) is 7.86. The van der Waals surface area contributed by atoms with Crippen LogP contribution in [0.3, 0.4) is 0 Å². The molecule has 29 heavy (non-hydrogen) atoms. The third kappa shape index (κ3) is 5.17. The average molecular weight is 437 g/mol. The molecule has 1 aliphatic rings. The summed E-state index contributed by atoms with van der Waals surface area (Å²) in [7, 11) is 2.02. The second-order valence-corrected chi connectivity index (χ2v) is 8.08. The molecular weight excluding hydrogens is 411 g/mol. The van der Waals surface area contributed by atoms with Crippen molar-refractivity contribution in [1.82, 2.24) is 19.8 Å². The number of hydrogen-bond donors (Lipinski definition) is 2.